The summed E-state index contributed by atoms with van der Waals surface area (Å²) in [7, 11) is 1.46. The molecule has 2 aromatic rings. The first-order valence-electron chi connectivity index (χ1n) is 10.3. The number of benzene rings is 1. The second-order valence-electron chi connectivity index (χ2n) is 8.03. The number of ether oxygens (including phenoxy) is 1. The van der Waals surface area contributed by atoms with Crippen LogP contribution in [0.15, 0.2) is 24.3 Å². The van der Waals surface area contributed by atoms with Crippen molar-refractivity contribution < 1.29 is 22.7 Å². The molecule has 1 amide bonds. The number of methoxy groups -OCH3 is 1. The predicted octanol–water partition coefficient (Wildman–Crippen LogP) is 2.81. The Balaban J connectivity index is 1.75. The van der Waals surface area contributed by atoms with Gasteiger partial charge in [-0.05, 0) is 17.5 Å². The van der Waals surface area contributed by atoms with Crippen LogP contribution in [0.1, 0.15) is 42.7 Å². The maximum atomic E-state index is 13.3. The van der Waals surface area contributed by atoms with Crippen LogP contribution in [0.3, 0.4) is 0 Å². The standard InChI is InChI=1S/C21H28F3N5O2/c1-14(2)19(25-18(30)13-31-3)20-27-26-17-8-9-28(10-11-29(17)20)12-15-6-4-5-7-16(15)21(22,23)24/h4-7,14,19H,8-13H2,1-3H3,(H,25,30). The van der Waals surface area contributed by atoms with Crippen molar-refractivity contribution in [1.29, 1.82) is 0 Å². The molecule has 1 aliphatic rings. The first-order valence-corrected chi connectivity index (χ1v) is 10.3. The molecule has 1 unspecified atom stereocenters. The normalized spacial score (nSPS) is 16.1. The SMILES string of the molecule is COCC(=O)NC(c1nnc2n1CCN(Cc1ccccc1C(F)(F)F)CC2)C(C)C. The van der Waals surface area contributed by atoms with E-state index in [1.54, 1.807) is 6.07 Å². The highest BCUT2D eigenvalue weighted by atomic mass is 19.4. The highest BCUT2D eigenvalue weighted by Crippen LogP contribution is 2.32. The van der Waals surface area contributed by atoms with Gasteiger partial charge >= 0.3 is 6.18 Å². The third kappa shape index (κ3) is 5.62. The minimum atomic E-state index is -4.38. The summed E-state index contributed by atoms with van der Waals surface area (Å²) >= 11 is 0. The molecule has 31 heavy (non-hydrogen) atoms. The van der Waals surface area contributed by atoms with E-state index in [0.717, 1.165) is 11.9 Å². The molecule has 10 heteroatoms. The minimum absolute atomic E-state index is 0.0450. The van der Waals surface area contributed by atoms with Gasteiger partial charge in [-0.2, -0.15) is 13.2 Å². The number of carbonyl (C=O) groups excluding carboxylic acids is 1. The fourth-order valence-electron chi connectivity index (χ4n) is 3.83. The molecule has 0 fully saturated rings. The molecule has 1 aromatic heterocycles. The molecule has 170 valence electrons. The van der Waals surface area contributed by atoms with E-state index >= 15 is 0 Å². The van der Waals surface area contributed by atoms with E-state index in [1.165, 1.54) is 19.2 Å². The molecule has 1 aromatic carbocycles. The Morgan fingerprint density at radius 1 is 1.19 bits per heavy atom. The number of amides is 1. The molecule has 7 nitrogen and oxygen atoms in total. The number of nitrogens with zero attached hydrogens (tertiary/aromatic N) is 4. The van der Waals surface area contributed by atoms with E-state index in [9.17, 15) is 18.0 Å². The number of aromatic nitrogens is 3. The summed E-state index contributed by atoms with van der Waals surface area (Å²) in [6.07, 6.45) is -3.81. The van der Waals surface area contributed by atoms with Crippen molar-refractivity contribution >= 4 is 5.91 Å². The van der Waals surface area contributed by atoms with E-state index in [2.05, 4.69) is 15.5 Å². The number of halogens is 3. The first kappa shape index (κ1) is 23.2. The highest BCUT2D eigenvalue weighted by Gasteiger charge is 2.33. The third-order valence-corrected chi connectivity index (χ3v) is 5.40. The van der Waals surface area contributed by atoms with E-state index in [4.69, 9.17) is 4.74 Å². The van der Waals surface area contributed by atoms with Crippen LogP contribution in [-0.4, -0.2) is 52.4 Å². The van der Waals surface area contributed by atoms with Gasteiger partial charge in [-0.3, -0.25) is 9.69 Å². The van der Waals surface area contributed by atoms with Gasteiger partial charge in [0.1, 0.15) is 12.4 Å². The summed E-state index contributed by atoms with van der Waals surface area (Å²) in [5.74, 6) is 1.27. The van der Waals surface area contributed by atoms with Crippen molar-refractivity contribution in [2.45, 2.75) is 45.6 Å². The van der Waals surface area contributed by atoms with Crippen LogP contribution in [-0.2, 0) is 35.2 Å². The molecule has 0 saturated carbocycles. The molecule has 2 heterocycles. The summed E-state index contributed by atoms with van der Waals surface area (Å²) in [5, 5.41) is 11.6. The molecule has 3 rings (SSSR count). The van der Waals surface area contributed by atoms with Crippen molar-refractivity contribution in [1.82, 2.24) is 25.0 Å². The number of fused-ring (bicyclic) bond motifs is 1. The van der Waals surface area contributed by atoms with Gasteiger partial charge < -0.3 is 14.6 Å². The summed E-state index contributed by atoms with van der Waals surface area (Å²) in [6, 6.07) is 5.36. The lowest BCUT2D eigenvalue weighted by Gasteiger charge is -2.24. The fraction of sp³-hybridized carbons (Fsp3) is 0.571. The van der Waals surface area contributed by atoms with Crippen LogP contribution < -0.4 is 5.32 Å². The zero-order valence-electron chi connectivity index (χ0n) is 17.9. The number of rotatable bonds is 7. The number of hydrogen-bond acceptors (Lipinski definition) is 5. The molecule has 0 aliphatic carbocycles. The quantitative estimate of drug-likeness (QED) is 0.718. The molecule has 0 saturated heterocycles. The lowest BCUT2D eigenvalue weighted by molar-refractivity contribution is -0.138. The largest absolute Gasteiger partial charge is 0.416 e. The molecular formula is C21H28F3N5O2. The van der Waals surface area contributed by atoms with E-state index < -0.39 is 11.7 Å². The van der Waals surface area contributed by atoms with Crippen LogP contribution in [0, 0.1) is 5.92 Å². The molecular weight excluding hydrogens is 411 g/mol. The monoisotopic (exact) mass is 439 g/mol. The maximum Gasteiger partial charge on any atom is 0.416 e. The molecule has 1 atom stereocenters. The molecule has 0 bridgehead atoms. The van der Waals surface area contributed by atoms with Crippen molar-refractivity contribution in [3.8, 4) is 0 Å². The highest BCUT2D eigenvalue weighted by molar-refractivity contribution is 5.77. The molecule has 1 aliphatic heterocycles. The van der Waals surface area contributed by atoms with E-state index in [1.807, 2.05) is 23.3 Å². The van der Waals surface area contributed by atoms with Gasteiger partial charge in [-0.25, -0.2) is 0 Å². The second kappa shape index (κ2) is 9.78. The van der Waals surface area contributed by atoms with Gasteiger partial charge in [0.05, 0.1) is 11.6 Å². The van der Waals surface area contributed by atoms with Crippen molar-refractivity contribution in [2.24, 2.45) is 5.92 Å². The van der Waals surface area contributed by atoms with Crippen LogP contribution in [0.5, 0.6) is 0 Å². The van der Waals surface area contributed by atoms with Gasteiger partial charge in [0.2, 0.25) is 5.91 Å². The fourth-order valence-corrected chi connectivity index (χ4v) is 3.83. The topological polar surface area (TPSA) is 72.3 Å². The van der Waals surface area contributed by atoms with Crippen molar-refractivity contribution in [2.75, 3.05) is 26.8 Å². The van der Waals surface area contributed by atoms with Gasteiger partial charge in [-0.15, -0.1) is 10.2 Å². The average molecular weight is 439 g/mol. The lowest BCUT2D eigenvalue weighted by atomic mass is 10.0. The number of alkyl halides is 3. The number of carbonyl (C=O) groups is 1. The van der Waals surface area contributed by atoms with Gasteiger partial charge in [0, 0.05) is 39.7 Å². The minimum Gasteiger partial charge on any atom is -0.375 e. The summed E-state index contributed by atoms with van der Waals surface area (Å²) < 4.78 is 46.9. The lowest BCUT2D eigenvalue weighted by Crippen LogP contribution is -2.36. The second-order valence-corrected chi connectivity index (χ2v) is 8.03. The van der Waals surface area contributed by atoms with Gasteiger partial charge in [-0.1, -0.05) is 32.0 Å². The van der Waals surface area contributed by atoms with E-state index in [-0.39, 0.29) is 36.6 Å². The zero-order valence-corrected chi connectivity index (χ0v) is 17.9. The van der Waals surface area contributed by atoms with Crippen LogP contribution in [0.2, 0.25) is 0 Å². The molecule has 0 radical (unpaired) electrons. The first-order chi connectivity index (χ1) is 14.7. The van der Waals surface area contributed by atoms with Crippen LogP contribution in [0.4, 0.5) is 13.2 Å². The Kier molecular flexibility index (Phi) is 7.32. The van der Waals surface area contributed by atoms with Gasteiger partial charge in [0.15, 0.2) is 5.82 Å². The number of nitrogens with one attached hydrogen (secondary N) is 1. The van der Waals surface area contributed by atoms with Crippen molar-refractivity contribution in [3.63, 3.8) is 0 Å². The van der Waals surface area contributed by atoms with Crippen molar-refractivity contribution in [3.05, 3.63) is 47.0 Å². The van der Waals surface area contributed by atoms with Gasteiger partial charge in [0.25, 0.3) is 0 Å². The molecule has 0 spiro atoms. The molecule has 1 N–H and O–H groups in total. The maximum absolute atomic E-state index is 13.3. The Morgan fingerprint density at radius 3 is 2.61 bits per heavy atom. The summed E-state index contributed by atoms with van der Waals surface area (Å²) in [4.78, 5) is 14.1. The smallest absolute Gasteiger partial charge is 0.375 e. The zero-order chi connectivity index (χ0) is 22.6. The van der Waals surface area contributed by atoms with E-state index in [0.29, 0.717) is 31.9 Å². The Bertz CT molecular complexity index is 897. The summed E-state index contributed by atoms with van der Waals surface area (Å²) in [6.45, 7) is 5.80. The number of hydrogen-bond donors (Lipinski definition) is 1. The average Bonchev–Trinajstić information content (AvgIpc) is 2.99. The Morgan fingerprint density at radius 2 is 1.94 bits per heavy atom. The Hall–Kier alpha value is -2.46. The third-order valence-electron chi connectivity index (χ3n) is 5.40. The van der Waals surface area contributed by atoms with Crippen LogP contribution >= 0.6 is 0 Å². The predicted molar refractivity (Wildman–Crippen MR) is 108 cm³/mol. The van der Waals surface area contributed by atoms with Crippen LogP contribution in [0.25, 0.3) is 0 Å². The Labute approximate surface area is 179 Å². The summed E-state index contributed by atoms with van der Waals surface area (Å²) in [5.41, 5.74) is -0.333.